The maximum Gasteiger partial charge on any atom is 0.469 e. The lowest BCUT2D eigenvalue weighted by Crippen LogP contribution is -2.29. The molecular weight excluding hydrogens is 651 g/mol. The number of carbonyl (C=O) groups excluding carboxylic acids is 2. The Balaban J connectivity index is 4.09. The second-order valence-corrected chi connectivity index (χ2v) is 13.8. The molecule has 9 heteroatoms. The zero-order valence-electron chi connectivity index (χ0n) is 31.3. The molecule has 0 aromatic heterocycles. The summed E-state index contributed by atoms with van der Waals surface area (Å²) in [6.07, 6.45) is 46.5. The summed E-state index contributed by atoms with van der Waals surface area (Å²) in [7, 11) is -4.78. The summed E-state index contributed by atoms with van der Waals surface area (Å²) in [6, 6.07) is 0. The highest BCUT2D eigenvalue weighted by atomic mass is 31.2. The fraction of sp³-hybridized carbons (Fsp3) is 0.659. The van der Waals surface area contributed by atoms with Crippen LogP contribution in [-0.2, 0) is 28.2 Å². The van der Waals surface area contributed by atoms with E-state index in [4.69, 9.17) is 19.3 Å². The van der Waals surface area contributed by atoms with Gasteiger partial charge in [0.1, 0.15) is 6.61 Å². The molecule has 8 nitrogen and oxygen atoms in total. The summed E-state index contributed by atoms with van der Waals surface area (Å²) in [4.78, 5) is 42.6. The molecule has 0 heterocycles. The fourth-order valence-corrected chi connectivity index (χ4v) is 5.27. The van der Waals surface area contributed by atoms with Gasteiger partial charge in [0.25, 0.3) is 0 Å². The summed E-state index contributed by atoms with van der Waals surface area (Å²) in [5.41, 5.74) is 0. The SMILES string of the molecule is CC/C=C\C/C=C\C/C=C\C/C=C\C/C=C\CC(=O)OC(COC(=O)CCCCCCCCC/C=C\CCCCCCCC)COP(=O)(O)O. The molecule has 0 aromatic carbocycles. The van der Waals surface area contributed by atoms with Crippen LogP contribution in [0.25, 0.3) is 0 Å². The van der Waals surface area contributed by atoms with Gasteiger partial charge in [0.2, 0.25) is 0 Å². The molecule has 0 saturated heterocycles. The molecule has 0 aliphatic rings. The van der Waals surface area contributed by atoms with Crippen molar-refractivity contribution in [2.45, 2.75) is 161 Å². The lowest BCUT2D eigenvalue weighted by Gasteiger charge is -2.18. The summed E-state index contributed by atoms with van der Waals surface area (Å²) >= 11 is 0. The van der Waals surface area contributed by atoms with Gasteiger partial charge in [-0.1, -0.05) is 151 Å². The van der Waals surface area contributed by atoms with Crippen LogP contribution in [0.3, 0.4) is 0 Å². The van der Waals surface area contributed by atoms with Gasteiger partial charge in [0.15, 0.2) is 6.10 Å². The van der Waals surface area contributed by atoms with Crippen LogP contribution < -0.4 is 0 Å². The molecule has 0 rings (SSSR count). The number of hydrogen-bond donors (Lipinski definition) is 2. The largest absolute Gasteiger partial charge is 0.469 e. The Hall–Kier alpha value is -2.51. The van der Waals surface area contributed by atoms with Gasteiger partial charge in [-0.3, -0.25) is 14.1 Å². The van der Waals surface area contributed by atoms with E-state index in [2.05, 4.69) is 73.1 Å². The van der Waals surface area contributed by atoms with Crippen molar-refractivity contribution in [2.24, 2.45) is 0 Å². The van der Waals surface area contributed by atoms with Crippen molar-refractivity contribution in [3.63, 3.8) is 0 Å². The zero-order valence-corrected chi connectivity index (χ0v) is 32.2. The van der Waals surface area contributed by atoms with E-state index in [1.807, 2.05) is 12.2 Å². The number of hydrogen-bond acceptors (Lipinski definition) is 6. The Bertz CT molecular complexity index is 1040. The number of rotatable bonds is 34. The van der Waals surface area contributed by atoms with Crippen LogP contribution in [0, 0.1) is 0 Å². The van der Waals surface area contributed by atoms with E-state index in [0.29, 0.717) is 12.8 Å². The molecule has 0 aromatic rings. The molecule has 0 amide bonds. The monoisotopic (exact) mass is 720 g/mol. The van der Waals surface area contributed by atoms with Crippen LogP contribution in [0.15, 0.2) is 72.9 Å². The predicted octanol–water partition coefficient (Wildman–Crippen LogP) is 11.5. The second kappa shape index (κ2) is 36.3. The number of phosphoric ester groups is 1. The maximum absolute atomic E-state index is 12.3. The normalized spacial score (nSPS) is 13.3. The number of phosphoric acid groups is 1. The molecule has 1 atom stereocenters. The Morgan fingerprint density at radius 2 is 1.02 bits per heavy atom. The zero-order chi connectivity index (χ0) is 36.8. The highest BCUT2D eigenvalue weighted by molar-refractivity contribution is 7.46. The first kappa shape index (κ1) is 47.5. The number of ether oxygens (including phenoxy) is 2. The summed E-state index contributed by atoms with van der Waals surface area (Å²) in [6.45, 7) is 3.46. The maximum atomic E-state index is 12.3. The van der Waals surface area contributed by atoms with Crippen molar-refractivity contribution in [1.82, 2.24) is 0 Å². The Labute approximate surface area is 304 Å². The average Bonchev–Trinajstić information content (AvgIpc) is 3.08. The summed E-state index contributed by atoms with van der Waals surface area (Å²) < 4.78 is 26.2. The molecule has 0 saturated carbocycles. The van der Waals surface area contributed by atoms with Crippen LogP contribution >= 0.6 is 7.82 Å². The van der Waals surface area contributed by atoms with Gasteiger partial charge in [-0.05, 0) is 64.2 Å². The first-order valence-electron chi connectivity index (χ1n) is 19.2. The fourth-order valence-electron chi connectivity index (χ4n) is 4.91. The Morgan fingerprint density at radius 1 is 0.560 bits per heavy atom. The van der Waals surface area contributed by atoms with E-state index in [-0.39, 0.29) is 19.4 Å². The number of carbonyl (C=O) groups is 2. The number of unbranched alkanes of at least 4 members (excludes halogenated alkanes) is 13. The van der Waals surface area contributed by atoms with Gasteiger partial charge in [0.05, 0.1) is 13.0 Å². The first-order chi connectivity index (χ1) is 24.3. The highest BCUT2D eigenvalue weighted by Gasteiger charge is 2.22. The van der Waals surface area contributed by atoms with Crippen LogP contribution in [0.1, 0.15) is 155 Å². The van der Waals surface area contributed by atoms with Gasteiger partial charge in [-0.15, -0.1) is 0 Å². The third-order valence-electron chi connectivity index (χ3n) is 7.74. The molecule has 0 spiro atoms. The van der Waals surface area contributed by atoms with Gasteiger partial charge in [-0.25, -0.2) is 4.57 Å². The highest BCUT2D eigenvalue weighted by Crippen LogP contribution is 2.35. The lowest BCUT2D eigenvalue weighted by atomic mass is 10.1. The van der Waals surface area contributed by atoms with Crippen LogP contribution in [0.5, 0.6) is 0 Å². The molecule has 0 aliphatic heterocycles. The van der Waals surface area contributed by atoms with Crippen LogP contribution in [-0.4, -0.2) is 41.0 Å². The molecular formula is C41H69O8P. The van der Waals surface area contributed by atoms with E-state index in [9.17, 15) is 14.2 Å². The minimum absolute atomic E-state index is 0.0240. The first-order valence-corrected chi connectivity index (χ1v) is 20.8. The number of esters is 2. The number of allylic oxidation sites excluding steroid dienone is 11. The molecule has 286 valence electrons. The second-order valence-electron chi connectivity index (χ2n) is 12.5. The van der Waals surface area contributed by atoms with E-state index < -0.39 is 32.5 Å². The minimum atomic E-state index is -4.78. The van der Waals surface area contributed by atoms with Gasteiger partial charge in [-0.2, -0.15) is 0 Å². The molecule has 0 aliphatic carbocycles. The quantitative estimate of drug-likeness (QED) is 0.0292. The van der Waals surface area contributed by atoms with Crippen molar-refractivity contribution in [2.75, 3.05) is 13.2 Å². The molecule has 50 heavy (non-hydrogen) atoms. The molecule has 0 bridgehead atoms. The van der Waals surface area contributed by atoms with E-state index in [1.165, 1.54) is 64.2 Å². The lowest BCUT2D eigenvalue weighted by molar-refractivity contribution is -0.160. The average molecular weight is 721 g/mol. The topological polar surface area (TPSA) is 119 Å². The van der Waals surface area contributed by atoms with E-state index >= 15 is 0 Å². The molecule has 0 fully saturated rings. The molecule has 0 radical (unpaired) electrons. The summed E-state index contributed by atoms with van der Waals surface area (Å²) in [5.74, 6) is -1.04. The molecule has 2 N–H and O–H groups in total. The van der Waals surface area contributed by atoms with Crippen molar-refractivity contribution < 1.29 is 37.9 Å². The van der Waals surface area contributed by atoms with E-state index in [0.717, 1.165) is 51.4 Å². The van der Waals surface area contributed by atoms with Crippen molar-refractivity contribution >= 4 is 19.8 Å². The minimum Gasteiger partial charge on any atom is -0.462 e. The van der Waals surface area contributed by atoms with Crippen molar-refractivity contribution in [3.8, 4) is 0 Å². The van der Waals surface area contributed by atoms with Crippen molar-refractivity contribution in [3.05, 3.63) is 72.9 Å². The van der Waals surface area contributed by atoms with Gasteiger partial charge < -0.3 is 19.3 Å². The van der Waals surface area contributed by atoms with Gasteiger partial charge >= 0.3 is 19.8 Å². The predicted molar refractivity (Wildman–Crippen MR) is 207 cm³/mol. The standard InChI is InChI=1S/C41H69O8P/c1-3-5-7-9-11-13-15-17-19-20-22-23-25-27-29-31-33-35-40(42)47-37-39(38-48-50(44,45)46)49-41(43)36-34-32-30-28-26-24-21-18-16-14-12-10-8-6-4-2/h6,8,12,14,17-19,21,26,28,32,34,39H,3-5,7,9-11,13,15-16,20,22-25,27,29-31,33,35-38H2,1-2H3,(H2,44,45,46)/b8-6-,14-12-,19-17-,21-18-,28-26-,34-32-. The van der Waals surface area contributed by atoms with Crippen LogP contribution in [0.2, 0.25) is 0 Å². The van der Waals surface area contributed by atoms with Crippen LogP contribution in [0.4, 0.5) is 0 Å². The Morgan fingerprint density at radius 3 is 1.52 bits per heavy atom. The van der Waals surface area contributed by atoms with Gasteiger partial charge in [0, 0.05) is 6.42 Å². The van der Waals surface area contributed by atoms with Crippen molar-refractivity contribution in [1.29, 1.82) is 0 Å². The third kappa shape index (κ3) is 38.3. The van der Waals surface area contributed by atoms with E-state index in [1.54, 1.807) is 6.08 Å². The summed E-state index contributed by atoms with van der Waals surface area (Å²) in [5, 5.41) is 0. The smallest absolute Gasteiger partial charge is 0.462 e. The Kier molecular flexibility index (Phi) is 34.5. The molecule has 1 unspecified atom stereocenters. The third-order valence-corrected chi connectivity index (χ3v) is 8.23.